The van der Waals surface area contributed by atoms with Crippen LogP contribution in [-0.2, 0) is 4.79 Å². The van der Waals surface area contributed by atoms with E-state index in [4.69, 9.17) is 9.84 Å². The molecule has 0 fully saturated rings. The van der Waals surface area contributed by atoms with E-state index in [1.807, 2.05) is 0 Å². The Hall–Kier alpha value is -2.24. The van der Waals surface area contributed by atoms with E-state index in [-0.39, 0.29) is 5.69 Å². The first-order valence-electron chi connectivity index (χ1n) is 4.22. The molecule has 6 heteroatoms. The number of nitrogens with one attached hydrogen (secondary N) is 2. The summed E-state index contributed by atoms with van der Waals surface area (Å²) in [5.41, 5.74) is 0.936. The molecule has 15 heavy (non-hydrogen) atoms. The van der Waals surface area contributed by atoms with Gasteiger partial charge in [0.25, 0.3) is 0 Å². The third-order valence-electron chi connectivity index (χ3n) is 1.85. The minimum absolute atomic E-state index is 0.305. The van der Waals surface area contributed by atoms with E-state index in [9.17, 15) is 9.59 Å². The molecule has 2 aromatic rings. The van der Waals surface area contributed by atoms with Crippen LogP contribution in [-0.4, -0.2) is 27.7 Å². The highest BCUT2D eigenvalue weighted by molar-refractivity contribution is 5.76. The third-order valence-corrected chi connectivity index (χ3v) is 1.85. The van der Waals surface area contributed by atoms with Crippen LogP contribution in [0.5, 0.6) is 5.75 Å². The molecule has 0 saturated heterocycles. The zero-order valence-corrected chi connectivity index (χ0v) is 7.61. The quantitative estimate of drug-likeness (QED) is 0.676. The zero-order chi connectivity index (χ0) is 10.8. The van der Waals surface area contributed by atoms with Crippen LogP contribution in [0.2, 0.25) is 0 Å². The van der Waals surface area contributed by atoms with Gasteiger partial charge in [-0.2, -0.15) is 0 Å². The van der Waals surface area contributed by atoms with Crippen LogP contribution in [0.15, 0.2) is 23.0 Å². The van der Waals surface area contributed by atoms with E-state index in [1.165, 1.54) is 0 Å². The molecule has 1 heterocycles. The Morgan fingerprint density at radius 2 is 2.07 bits per heavy atom. The molecule has 1 aromatic heterocycles. The van der Waals surface area contributed by atoms with Gasteiger partial charge in [-0.05, 0) is 12.1 Å². The summed E-state index contributed by atoms with van der Waals surface area (Å²) in [5.74, 6) is -0.641. The molecule has 6 nitrogen and oxygen atoms in total. The molecule has 2 rings (SSSR count). The highest BCUT2D eigenvalue weighted by Gasteiger charge is 2.02. The molecule has 0 bridgehead atoms. The first-order chi connectivity index (χ1) is 7.15. The molecule has 0 unspecified atom stereocenters. The van der Waals surface area contributed by atoms with E-state index >= 15 is 0 Å². The standard InChI is InChI=1S/C9H8N2O4/c12-8(13)4-15-5-1-2-6-7(3-5)11-9(14)10-6/h1-3H,4H2,(H,12,13)(H2,10,11,14). The number of ether oxygens (including phenoxy) is 1. The molecule has 0 atom stereocenters. The van der Waals surface area contributed by atoms with Crippen LogP contribution in [0.3, 0.4) is 0 Å². The number of H-pyrrole nitrogens is 2. The summed E-state index contributed by atoms with van der Waals surface area (Å²) in [6.45, 7) is -0.403. The molecule has 0 aliphatic heterocycles. The normalized spacial score (nSPS) is 10.4. The number of carboxylic acids is 1. The molecule has 0 spiro atoms. The van der Waals surface area contributed by atoms with E-state index in [1.54, 1.807) is 18.2 Å². The van der Waals surface area contributed by atoms with Gasteiger partial charge in [-0.3, -0.25) is 0 Å². The molecule has 0 saturated carbocycles. The van der Waals surface area contributed by atoms with E-state index < -0.39 is 12.6 Å². The number of hydrogen-bond acceptors (Lipinski definition) is 3. The second kappa shape index (κ2) is 3.49. The van der Waals surface area contributed by atoms with Crippen molar-refractivity contribution in [1.82, 2.24) is 9.97 Å². The van der Waals surface area contributed by atoms with Crippen molar-refractivity contribution >= 4 is 17.0 Å². The summed E-state index contributed by atoms with van der Waals surface area (Å²) < 4.78 is 4.95. The minimum Gasteiger partial charge on any atom is -0.482 e. The topological polar surface area (TPSA) is 95.2 Å². The van der Waals surface area contributed by atoms with Crippen molar-refractivity contribution in [2.75, 3.05) is 6.61 Å². The number of hydrogen-bond donors (Lipinski definition) is 3. The van der Waals surface area contributed by atoms with Gasteiger partial charge in [0.1, 0.15) is 5.75 Å². The van der Waals surface area contributed by atoms with Crippen LogP contribution in [0.25, 0.3) is 11.0 Å². The predicted octanol–water partition coefficient (Wildman–Crippen LogP) is 0.320. The summed E-state index contributed by atoms with van der Waals surface area (Å²) in [5, 5.41) is 8.40. The molecular weight excluding hydrogens is 200 g/mol. The number of benzene rings is 1. The van der Waals surface area contributed by atoms with Gasteiger partial charge in [0.05, 0.1) is 11.0 Å². The summed E-state index contributed by atoms with van der Waals surface area (Å²) in [4.78, 5) is 26.3. The van der Waals surface area contributed by atoms with Gasteiger partial charge in [0.2, 0.25) is 0 Å². The number of rotatable bonds is 3. The molecule has 0 radical (unpaired) electrons. The fraction of sp³-hybridized carbons (Fsp3) is 0.111. The maximum absolute atomic E-state index is 10.9. The Morgan fingerprint density at radius 1 is 1.33 bits per heavy atom. The van der Waals surface area contributed by atoms with Crippen molar-refractivity contribution in [1.29, 1.82) is 0 Å². The number of carbonyl (C=O) groups is 1. The maximum Gasteiger partial charge on any atom is 0.341 e. The van der Waals surface area contributed by atoms with Gasteiger partial charge in [-0.25, -0.2) is 9.59 Å². The van der Waals surface area contributed by atoms with Gasteiger partial charge >= 0.3 is 11.7 Å². The lowest BCUT2D eigenvalue weighted by atomic mass is 10.3. The van der Waals surface area contributed by atoms with Gasteiger partial charge in [0, 0.05) is 6.07 Å². The highest BCUT2D eigenvalue weighted by atomic mass is 16.5. The number of aromatic nitrogens is 2. The first kappa shape index (κ1) is 9.32. The lowest BCUT2D eigenvalue weighted by molar-refractivity contribution is -0.139. The van der Waals surface area contributed by atoms with Gasteiger partial charge in [0.15, 0.2) is 6.61 Å². The SMILES string of the molecule is O=C(O)COc1ccc2[nH]c(=O)[nH]c2c1. The monoisotopic (exact) mass is 208 g/mol. The smallest absolute Gasteiger partial charge is 0.341 e. The summed E-state index contributed by atoms with van der Waals surface area (Å²) in [6.07, 6.45) is 0. The Balaban J connectivity index is 2.30. The minimum atomic E-state index is -1.04. The molecule has 1 aromatic carbocycles. The van der Waals surface area contributed by atoms with Gasteiger partial charge in [-0.15, -0.1) is 0 Å². The van der Waals surface area contributed by atoms with Crippen molar-refractivity contribution in [3.63, 3.8) is 0 Å². The van der Waals surface area contributed by atoms with E-state index in [2.05, 4.69) is 9.97 Å². The van der Waals surface area contributed by atoms with Crippen molar-refractivity contribution in [3.05, 3.63) is 28.7 Å². The first-order valence-corrected chi connectivity index (χ1v) is 4.22. The van der Waals surface area contributed by atoms with Crippen molar-refractivity contribution in [3.8, 4) is 5.75 Å². The highest BCUT2D eigenvalue weighted by Crippen LogP contribution is 2.16. The number of aromatic amines is 2. The Morgan fingerprint density at radius 3 is 2.80 bits per heavy atom. The predicted molar refractivity (Wildman–Crippen MR) is 52.1 cm³/mol. The number of carboxylic acid groups (broad SMARTS) is 1. The maximum atomic E-state index is 10.9. The molecule has 3 N–H and O–H groups in total. The zero-order valence-electron chi connectivity index (χ0n) is 7.61. The average Bonchev–Trinajstić information content (AvgIpc) is 2.53. The largest absolute Gasteiger partial charge is 0.482 e. The Bertz CT molecular complexity index is 554. The average molecular weight is 208 g/mol. The van der Waals surface area contributed by atoms with E-state index in [0.29, 0.717) is 16.8 Å². The van der Waals surface area contributed by atoms with Crippen molar-refractivity contribution in [2.45, 2.75) is 0 Å². The van der Waals surface area contributed by atoms with Crippen LogP contribution in [0.1, 0.15) is 0 Å². The van der Waals surface area contributed by atoms with Crippen LogP contribution >= 0.6 is 0 Å². The van der Waals surface area contributed by atoms with Crippen LogP contribution in [0, 0.1) is 0 Å². The number of fused-ring (bicyclic) bond motifs is 1. The second-order valence-electron chi connectivity index (χ2n) is 2.97. The van der Waals surface area contributed by atoms with Crippen molar-refractivity contribution in [2.24, 2.45) is 0 Å². The molecule has 0 amide bonds. The van der Waals surface area contributed by atoms with Crippen LogP contribution < -0.4 is 10.4 Å². The molecular formula is C9H8N2O4. The number of aliphatic carboxylic acids is 1. The van der Waals surface area contributed by atoms with Crippen molar-refractivity contribution < 1.29 is 14.6 Å². The molecule has 0 aliphatic rings. The fourth-order valence-electron chi connectivity index (χ4n) is 1.25. The third kappa shape index (κ3) is 1.98. The molecule has 78 valence electrons. The summed E-state index contributed by atoms with van der Waals surface area (Å²) in [6, 6.07) is 4.80. The lowest BCUT2D eigenvalue weighted by Gasteiger charge is -2.01. The second-order valence-corrected chi connectivity index (χ2v) is 2.97. The fourth-order valence-corrected chi connectivity index (χ4v) is 1.25. The Labute approximate surface area is 83.5 Å². The van der Waals surface area contributed by atoms with Gasteiger partial charge in [-0.1, -0.05) is 0 Å². The van der Waals surface area contributed by atoms with E-state index in [0.717, 1.165) is 0 Å². The molecule has 0 aliphatic carbocycles. The lowest BCUT2D eigenvalue weighted by Crippen LogP contribution is -2.09. The summed E-state index contributed by atoms with van der Waals surface area (Å²) in [7, 11) is 0. The van der Waals surface area contributed by atoms with Crippen LogP contribution in [0.4, 0.5) is 0 Å². The van der Waals surface area contributed by atoms with Gasteiger partial charge < -0.3 is 19.8 Å². The summed E-state index contributed by atoms with van der Waals surface area (Å²) >= 11 is 0. The number of imidazole rings is 1. The Kier molecular flexibility index (Phi) is 2.17.